The second kappa shape index (κ2) is 11.8. The summed E-state index contributed by atoms with van der Waals surface area (Å²) in [5, 5.41) is 3.42. The fraction of sp³-hybridized carbons (Fsp3) is 0.280. The maximum Gasteiger partial charge on any atom is 0.341 e. The van der Waals surface area contributed by atoms with E-state index in [4.69, 9.17) is 9.47 Å². The Morgan fingerprint density at radius 1 is 1.06 bits per heavy atom. The van der Waals surface area contributed by atoms with Gasteiger partial charge in [-0.05, 0) is 36.6 Å². The monoisotopic (exact) mass is 486 g/mol. The molecule has 0 fully saturated rings. The highest BCUT2D eigenvalue weighted by atomic mass is 35.5. The Morgan fingerprint density at radius 2 is 1.76 bits per heavy atom. The van der Waals surface area contributed by atoms with Crippen LogP contribution in [0.15, 0.2) is 60.7 Å². The minimum atomic E-state index is -0.388. The van der Waals surface area contributed by atoms with Crippen LogP contribution < -0.4 is 10.1 Å². The van der Waals surface area contributed by atoms with Gasteiger partial charge >= 0.3 is 5.97 Å². The first-order valence-corrected chi connectivity index (χ1v) is 11.5. The molecule has 1 aliphatic rings. The summed E-state index contributed by atoms with van der Waals surface area (Å²) in [6.45, 7) is 4.36. The third kappa shape index (κ3) is 6.35. The fourth-order valence-corrected chi connectivity index (χ4v) is 5.06. The van der Waals surface area contributed by atoms with Crippen molar-refractivity contribution < 1.29 is 19.1 Å². The summed E-state index contributed by atoms with van der Waals surface area (Å²) >= 11 is 1.45. The van der Waals surface area contributed by atoms with Crippen LogP contribution in [0.1, 0.15) is 33.3 Å². The lowest BCUT2D eigenvalue weighted by atomic mass is 10.0. The minimum absolute atomic E-state index is 0. The maximum absolute atomic E-state index is 12.7. The van der Waals surface area contributed by atoms with Gasteiger partial charge in [-0.1, -0.05) is 48.5 Å². The van der Waals surface area contributed by atoms with Crippen LogP contribution in [-0.2, 0) is 29.0 Å². The van der Waals surface area contributed by atoms with E-state index < -0.39 is 0 Å². The lowest BCUT2D eigenvalue weighted by Crippen LogP contribution is -2.30. The number of rotatable bonds is 8. The Morgan fingerprint density at radius 3 is 2.45 bits per heavy atom. The van der Waals surface area contributed by atoms with Gasteiger partial charge < -0.3 is 14.8 Å². The molecule has 1 aromatic heterocycles. The number of anilines is 1. The van der Waals surface area contributed by atoms with Crippen molar-refractivity contribution in [2.75, 3.05) is 25.1 Å². The summed E-state index contributed by atoms with van der Waals surface area (Å²) in [5.74, 6) is -0.0739. The van der Waals surface area contributed by atoms with Crippen LogP contribution in [0, 0.1) is 0 Å². The number of halogens is 1. The first-order valence-electron chi connectivity index (χ1n) is 10.7. The maximum atomic E-state index is 12.7. The average Bonchev–Trinajstić information content (AvgIpc) is 3.16. The van der Waals surface area contributed by atoms with Gasteiger partial charge in [0.2, 0.25) is 0 Å². The Bertz CT molecular complexity index is 1070. The van der Waals surface area contributed by atoms with E-state index in [9.17, 15) is 9.59 Å². The molecule has 0 saturated carbocycles. The number of ether oxygens (including phenoxy) is 2. The highest BCUT2D eigenvalue weighted by molar-refractivity contribution is 7.17. The van der Waals surface area contributed by atoms with Crippen LogP contribution in [-0.4, -0.2) is 36.5 Å². The second-order valence-electron chi connectivity index (χ2n) is 7.52. The zero-order chi connectivity index (χ0) is 22.3. The molecule has 1 aliphatic heterocycles. The van der Waals surface area contributed by atoms with E-state index in [2.05, 4.69) is 22.3 Å². The molecule has 174 valence electrons. The lowest BCUT2D eigenvalue weighted by molar-refractivity contribution is -0.118. The predicted octanol–water partition coefficient (Wildman–Crippen LogP) is 4.92. The third-order valence-corrected chi connectivity index (χ3v) is 6.36. The standard InChI is InChI=1S/C25H26N2O4S.ClH/c1-2-30-25(29)23-20-13-14-27(15-18-9-5-3-6-10-18)16-21(20)32-24(23)26-22(28)17-31-19-11-7-4-8-12-19;/h3-12H,2,13-17H2,1H3,(H,26,28);1H. The first kappa shape index (κ1) is 24.8. The quantitative estimate of drug-likeness (QED) is 0.457. The highest BCUT2D eigenvalue weighted by Gasteiger charge is 2.29. The third-order valence-electron chi connectivity index (χ3n) is 5.23. The molecule has 0 unspecified atom stereocenters. The van der Waals surface area contributed by atoms with Gasteiger partial charge in [-0.2, -0.15) is 0 Å². The number of carbonyl (C=O) groups excluding carboxylic acids is 2. The molecule has 0 saturated heterocycles. The Labute approximate surface area is 203 Å². The van der Waals surface area contributed by atoms with Gasteiger partial charge in [0.15, 0.2) is 6.61 Å². The van der Waals surface area contributed by atoms with E-state index in [0.717, 1.165) is 36.5 Å². The van der Waals surface area contributed by atoms with Gasteiger partial charge in [0, 0.05) is 24.5 Å². The molecule has 0 bridgehead atoms. The number of carbonyl (C=O) groups is 2. The number of fused-ring (bicyclic) bond motifs is 1. The van der Waals surface area contributed by atoms with E-state index in [1.165, 1.54) is 16.9 Å². The Balaban J connectivity index is 0.00000306. The van der Waals surface area contributed by atoms with E-state index in [-0.39, 0.29) is 37.5 Å². The normalized spacial score (nSPS) is 12.9. The largest absolute Gasteiger partial charge is 0.484 e. The van der Waals surface area contributed by atoms with Gasteiger partial charge in [0.1, 0.15) is 10.8 Å². The molecule has 0 radical (unpaired) electrons. The molecule has 2 aromatic carbocycles. The van der Waals surface area contributed by atoms with Crippen molar-refractivity contribution in [3.05, 3.63) is 82.2 Å². The topological polar surface area (TPSA) is 67.9 Å². The average molecular weight is 487 g/mol. The number of para-hydroxylation sites is 1. The van der Waals surface area contributed by atoms with Gasteiger partial charge in [0.25, 0.3) is 5.91 Å². The number of hydrogen-bond acceptors (Lipinski definition) is 6. The lowest BCUT2D eigenvalue weighted by Gasteiger charge is -2.27. The molecule has 0 aliphatic carbocycles. The Kier molecular flexibility index (Phi) is 8.88. The molecule has 0 spiro atoms. The zero-order valence-electron chi connectivity index (χ0n) is 18.4. The van der Waals surface area contributed by atoms with Crippen molar-refractivity contribution in [2.45, 2.75) is 26.4 Å². The van der Waals surface area contributed by atoms with Crippen molar-refractivity contribution in [3.63, 3.8) is 0 Å². The molecule has 4 rings (SSSR count). The van der Waals surface area contributed by atoms with E-state index in [1.54, 1.807) is 19.1 Å². The first-order chi connectivity index (χ1) is 15.6. The molecule has 8 heteroatoms. The number of nitrogens with zero attached hydrogens (tertiary/aromatic N) is 1. The predicted molar refractivity (Wildman–Crippen MR) is 132 cm³/mol. The molecular formula is C25H27ClN2O4S. The minimum Gasteiger partial charge on any atom is -0.484 e. The van der Waals surface area contributed by atoms with Gasteiger partial charge in [-0.15, -0.1) is 23.7 Å². The zero-order valence-corrected chi connectivity index (χ0v) is 20.0. The van der Waals surface area contributed by atoms with Crippen LogP contribution in [0.5, 0.6) is 5.75 Å². The summed E-state index contributed by atoms with van der Waals surface area (Å²) in [5.41, 5.74) is 2.72. The molecule has 6 nitrogen and oxygen atoms in total. The number of thiophene rings is 1. The fourth-order valence-electron chi connectivity index (χ4n) is 3.77. The second-order valence-corrected chi connectivity index (χ2v) is 8.63. The smallest absolute Gasteiger partial charge is 0.341 e. The van der Waals surface area contributed by atoms with Crippen molar-refractivity contribution >= 4 is 40.6 Å². The van der Waals surface area contributed by atoms with Crippen molar-refractivity contribution in [3.8, 4) is 5.75 Å². The van der Waals surface area contributed by atoms with E-state index in [1.807, 2.05) is 36.4 Å². The van der Waals surface area contributed by atoms with Crippen LogP contribution in [0.2, 0.25) is 0 Å². The van der Waals surface area contributed by atoms with Crippen molar-refractivity contribution in [1.29, 1.82) is 0 Å². The molecule has 2 heterocycles. The number of hydrogen-bond donors (Lipinski definition) is 1. The molecule has 1 amide bonds. The van der Waals surface area contributed by atoms with Crippen LogP contribution in [0.25, 0.3) is 0 Å². The molecule has 0 atom stereocenters. The van der Waals surface area contributed by atoms with Crippen LogP contribution in [0.3, 0.4) is 0 Å². The summed E-state index contributed by atoms with van der Waals surface area (Å²) in [4.78, 5) is 28.7. The van der Waals surface area contributed by atoms with Gasteiger partial charge in [-0.3, -0.25) is 9.69 Å². The molecular weight excluding hydrogens is 460 g/mol. The number of amides is 1. The summed E-state index contributed by atoms with van der Waals surface area (Å²) in [6.07, 6.45) is 0.739. The van der Waals surface area contributed by atoms with E-state index >= 15 is 0 Å². The Hall–Kier alpha value is -2.87. The van der Waals surface area contributed by atoms with Crippen molar-refractivity contribution in [2.24, 2.45) is 0 Å². The number of esters is 1. The molecule has 33 heavy (non-hydrogen) atoms. The number of benzene rings is 2. The van der Waals surface area contributed by atoms with Gasteiger partial charge in [0.05, 0.1) is 12.2 Å². The van der Waals surface area contributed by atoms with Crippen LogP contribution >= 0.6 is 23.7 Å². The SMILES string of the molecule is CCOC(=O)c1c(NC(=O)COc2ccccc2)sc2c1CCN(Cc1ccccc1)C2.Cl. The molecule has 3 aromatic rings. The van der Waals surface area contributed by atoms with Crippen molar-refractivity contribution in [1.82, 2.24) is 4.90 Å². The summed E-state index contributed by atoms with van der Waals surface area (Å²) in [7, 11) is 0. The van der Waals surface area contributed by atoms with Gasteiger partial charge in [-0.25, -0.2) is 4.79 Å². The summed E-state index contributed by atoms with van der Waals surface area (Å²) < 4.78 is 10.8. The van der Waals surface area contributed by atoms with E-state index in [0.29, 0.717) is 16.3 Å². The van der Waals surface area contributed by atoms with Crippen LogP contribution in [0.4, 0.5) is 5.00 Å². The molecule has 1 N–H and O–H groups in total. The number of nitrogens with one attached hydrogen (secondary N) is 1. The highest BCUT2D eigenvalue weighted by Crippen LogP contribution is 2.38. The summed E-state index contributed by atoms with van der Waals surface area (Å²) in [6, 6.07) is 19.5.